The summed E-state index contributed by atoms with van der Waals surface area (Å²) in [6.45, 7) is 2.45. The number of amides is 1. The predicted octanol–water partition coefficient (Wildman–Crippen LogP) is 6.77. The van der Waals surface area contributed by atoms with Crippen molar-refractivity contribution in [2.75, 3.05) is 17.8 Å². The summed E-state index contributed by atoms with van der Waals surface area (Å²) in [5, 5.41) is 1.37. The SMILES string of the molecule is COc1ccc(SCCCC(=O)N(Cc2ccncc2)c2nc3c(C)cc(Cl)cc3s2)cc1. The summed E-state index contributed by atoms with van der Waals surface area (Å²) in [4.78, 5) is 25.1. The van der Waals surface area contributed by atoms with Crippen molar-refractivity contribution in [3.05, 3.63) is 77.1 Å². The molecular weight excluding hydrogens is 474 g/mol. The van der Waals surface area contributed by atoms with Crippen LogP contribution >= 0.6 is 34.7 Å². The lowest BCUT2D eigenvalue weighted by Gasteiger charge is -2.20. The molecule has 0 bridgehead atoms. The summed E-state index contributed by atoms with van der Waals surface area (Å²) in [6, 6.07) is 15.6. The first-order valence-electron chi connectivity index (χ1n) is 10.6. The quantitative estimate of drug-likeness (QED) is 0.189. The Bertz CT molecular complexity index is 1230. The van der Waals surface area contributed by atoms with Crippen molar-refractivity contribution in [1.29, 1.82) is 0 Å². The smallest absolute Gasteiger partial charge is 0.229 e. The van der Waals surface area contributed by atoms with E-state index in [1.54, 1.807) is 36.2 Å². The Morgan fingerprint density at radius 1 is 1.15 bits per heavy atom. The van der Waals surface area contributed by atoms with Gasteiger partial charge in [-0.3, -0.25) is 14.7 Å². The number of rotatable bonds is 9. The first-order valence-corrected chi connectivity index (χ1v) is 12.7. The van der Waals surface area contributed by atoms with Gasteiger partial charge < -0.3 is 4.74 Å². The number of carbonyl (C=O) groups excluding carboxylic acids is 1. The standard InChI is InChI=1S/C25H24ClN3O2S2/c1-17-14-19(26)15-22-24(17)28-25(33-22)29(16-18-9-11-27-12-10-18)23(30)4-3-13-32-21-7-5-20(31-2)6-8-21/h5-12,14-15H,3-4,13,16H2,1-2H3. The third-order valence-electron chi connectivity index (χ3n) is 5.12. The van der Waals surface area contributed by atoms with Crippen LogP contribution in [0.25, 0.3) is 10.2 Å². The summed E-state index contributed by atoms with van der Waals surface area (Å²) < 4.78 is 6.19. The van der Waals surface area contributed by atoms with Gasteiger partial charge in [-0.1, -0.05) is 22.9 Å². The van der Waals surface area contributed by atoms with E-state index in [1.165, 1.54) is 11.3 Å². The minimum absolute atomic E-state index is 0.0601. The largest absolute Gasteiger partial charge is 0.497 e. The number of anilines is 1. The molecule has 8 heteroatoms. The molecule has 0 aliphatic heterocycles. The van der Waals surface area contributed by atoms with E-state index < -0.39 is 0 Å². The molecule has 0 radical (unpaired) electrons. The third-order valence-corrected chi connectivity index (χ3v) is 7.47. The maximum atomic E-state index is 13.3. The number of hydrogen-bond donors (Lipinski definition) is 0. The van der Waals surface area contributed by atoms with E-state index in [4.69, 9.17) is 21.3 Å². The molecule has 0 unspecified atom stereocenters. The lowest BCUT2D eigenvalue weighted by Crippen LogP contribution is -2.30. The summed E-state index contributed by atoms with van der Waals surface area (Å²) >= 11 is 9.48. The Labute approximate surface area is 206 Å². The molecule has 4 rings (SSSR count). The molecule has 0 N–H and O–H groups in total. The molecule has 170 valence electrons. The Morgan fingerprint density at radius 2 is 1.91 bits per heavy atom. The van der Waals surface area contributed by atoms with Crippen LogP contribution in [0, 0.1) is 6.92 Å². The second kappa shape index (κ2) is 11.0. The van der Waals surface area contributed by atoms with Gasteiger partial charge in [0.05, 0.1) is 23.9 Å². The Morgan fingerprint density at radius 3 is 2.64 bits per heavy atom. The summed E-state index contributed by atoms with van der Waals surface area (Å²) in [5.74, 6) is 1.76. The zero-order valence-corrected chi connectivity index (χ0v) is 20.8. The van der Waals surface area contributed by atoms with Gasteiger partial charge in [0, 0.05) is 28.7 Å². The van der Waals surface area contributed by atoms with E-state index in [0.29, 0.717) is 23.1 Å². The van der Waals surface area contributed by atoms with Gasteiger partial charge in [-0.2, -0.15) is 0 Å². The van der Waals surface area contributed by atoms with Gasteiger partial charge in [0.2, 0.25) is 5.91 Å². The number of pyridine rings is 1. The maximum Gasteiger partial charge on any atom is 0.229 e. The number of methoxy groups -OCH3 is 1. The van der Waals surface area contributed by atoms with Crippen molar-refractivity contribution in [2.45, 2.75) is 31.2 Å². The van der Waals surface area contributed by atoms with Gasteiger partial charge in [-0.25, -0.2) is 4.98 Å². The summed E-state index contributed by atoms with van der Waals surface area (Å²) in [7, 11) is 1.66. The average molecular weight is 498 g/mol. The molecule has 0 atom stereocenters. The molecule has 1 amide bonds. The minimum atomic E-state index is 0.0601. The number of benzene rings is 2. The zero-order valence-electron chi connectivity index (χ0n) is 18.5. The van der Waals surface area contributed by atoms with Crippen LogP contribution in [0.3, 0.4) is 0 Å². The highest BCUT2D eigenvalue weighted by Crippen LogP contribution is 2.34. The van der Waals surface area contributed by atoms with Crippen LogP contribution in [0.1, 0.15) is 24.0 Å². The molecular formula is C25H24ClN3O2S2. The normalized spacial score (nSPS) is 11.0. The van der Waals surface area contributed by atoms with Crippen LogP contribution in [0.5, 0.6) is 5.75 Å². The van der Waals surface area contributed by atoms with Gasteiger partial charge in [0.15, 0.2) is 5.13 Å². The number of hydrogen-bond acceptors (Lipinski definition) is 6. The molecule has 2 aromatic carbocycles. The first kappa shape index (κ1) is 23.5. The molecule has 0 aliphatic rings. The number of halogens is 1. The predicted molar refractivity (Wildman–Crippen MR) is 138 cm³/mol. The summed E-state index contributed by atoms with van der Waals surface area (Å²) in [6.07, 6.45) is 4.71. The fraction of sp³-hybridized carbons (Fsp3) is 0.240. The van der Waals surface area contributed by atoms with Crippen molar-refractivity contribution in [2.24, 2.45) is 0 Å². The van der Waals surface area contributed by atoms with Crippen LogP contribution in [-0.2, 0) is 11.3 Å². The number of aryl methyl sites for hydroxylation is 1. The number of thiazole rings is 1. The molecule has 0 saturated carbocycles. The minimum Gasteiger partial charge on any atom is -0.497 e. The second-order valence-electron chi connectivity index (χ2n) is 7.53. The topological polar surface area (TPSA) is 55.3 Å². The molecule has 0 saturated heterocycles. The fourth-order valence-corrected chi connectivity index (χ4v) is 5.70. The van der Waals surface area contributed by atoms with Crippen LogP contribution in [0.2, 0.25) is 5.02 Å². The van der Waals surface area contributed by atoms with E-state index in [2.05, 4.69) is 4.98 Å². The van der Waals surface area contributed by atoms with Gasteiger partial charge in [0.1, 0.15) is 5.75 Å². The first-order chi connectivity index (χ1) is 16.0. The van der Waals surface area contributed by atoms with Crippen LogP contribution in [-0.4, -0.2) is 28.7 Å². The zero-order chi connectivity index (χ0) is 23.2. The van der Waals surface area contributed by atoms with Gasteiger partial charge in [-0.05, 0) is 78.8 Å². The number of fused-ring (bicyclic) bond motifs is 1. The molecule has 2 heterocycles. The van der Waals surface area contributed by atoms with Crippen LogP contribution < -0.4 is 9.64 Å². The highest BCUT2D eigenvalue weighted by molar-refractivity contribution is 7.99. The van der Waals surface area contributed by atoms with Crippen molar-refractivity contribution in [1.82, 2.24) is 9.97 Å². The number of nitrogens with zero attached hydrogens (tertiary/aromatic N) is 3. The van der Waals surface area contributed by atoms with Gasteiger partial charge in [0.25, 0.3) is 0 Å². The van der Waals surface area contributed by atoms with E-state index in [9.17, 15) is 4.79 Å². The Kier molecular flexibility index (Phi) is 7.85. The molecule has 33 heavy (non-hydrogen) atoms. The van der Waals surface area contributed by atoms with E-state index in [0.717, 1.165) is 44.2 Å². The molecule has 0 aliphatic carbocycles. The van der Waals surface area contributed by atoms with Crippen LogP contribution in [0.4, 0.5) is 5.13 Å². The summed E-state index contributed by atoms with van der Waals surface area (Å²) in [5.41, 5.74) is 2.91. The number of aromatic nitrogens is 2. The third kappa shape index (κ3) is 6.05. The molecule has 0 spiro atoms. The van der Waals surface area contributed by atoms with Gasteiger partial charge in [-0.15, -0.1) is 11.8 Å². The molecule has 4 aromatic rings. The van der Waals surface area contributed by atoms with E-state index in [1.807, 2.05) is 55.5 Å². The number of carbonyl (C=O) groups is 1. The molecule has 2 aromatic heterocycles. The van der Waals surface area contributed by atoms with Crippen molar-refractivity contribution >= 4 is 56.0 Å². The number of thioether (sulfide) groups is 1. The maximum absolute atomic E-state index is 13.3. The van der Waals surface area contributed by atoms with Crippen molar-refractivity contribution < 1.29 is 9.53 Å². The Hall–Kier alpha value is -2.61. The highest BCUT2D eigenvalue weighted by Gasteiger charge is 2.21. The lowest BCUT2D eigenvalue weighted by molar-refractivity contribution is -0.118. The average Bonchev–Trinajstić information content (AvgIpc) is 3.25. The Balaban J connectivity index is 1.47. The fourth-order valence-electron chi connectivity index (χ4n) is 3.41. The molecule has 5 nitrogen and oxygen atoms in total. The van der Waals surface area contributed by atoms with Gasteiger partial charge >= 0.3 is 0 Å². The van der Waals surface area contributed by atoms with E-state index in [-0.39, 0.29) is 5.91 Å². The monoisotopic (exact) mass is 497 g/mol. The number of ether oxygens (including phenoxy) is 1. The highest BCUT2D eigenvalue weighted by atomic mass is 35.5. The molecule has 0 fully saturated rings. The second-order valence-corrected chi connectivity index (χ2v) is 10.1. The van der Waals surface area contributed by atoms with Crippen LogP contribution in [0.15, 0.2) is 65.8 Å². The van der Waals surface area contributed by atoms with Crippen molar-refractivity contribution in [3.8, 4) is 5.75 Å². The lowest BCUT2D eigenvalue weighted by atomic mass is 10.2. The van der Waals surface area contributed by atoms with E-state index >= 15 is 0 Å². The van der Waals surface area contributed by atoms with Crippen molar-refractivity contribution in [3.63, 3.8) is 0 Å².